The zero-order valence-electron chi connectivity index (χ0n) is 12.9. The Morgan fingerprint density at radius 1 is 1.33 bits per heavy atom. The molecule has 1 fully saturated rings. The van der Waals surface area contributed by atoms with Gasteiger partial charge in [0.05, 0.1) is 4.88 Å². The van der Waals surface area contributed by atoms with Crippen LogP contribution in [0.1, 0.15) is 33.0 Å². The van der Waals surface area contributed by atoms with Crippen molar-refractivity contribution in [3.8, 4) is 0 Å². The number of aryl methyl sites for hydroxylation is 2. The number of fused-ring (bicyclic) bond motifs is 1. The van der Waals surface area contributed by atoms with Gasteiger partial charge in [0.2, 0.25) is 0 Å². The molecule has 0 atom stereocenters. The Labute approximate surface area is 131 Å². The Morgan fingerprint density at radius 3 is 2.86 bits per heavy atom. The first kappa shape index (κ1) is 15.0. The monoisotopic (exact) mass is 307 g/mol. The summed E-state index contributed by atoms with van der Waals surface area (Å²) in [5.41, 5.74) is 1.42. The zero-order valence-corrected chi connectivity index (χ0v) is 13.7. The smallest absolute Gasteiger partial charge is 0.263 e. The van der Waals surface area contributed by atoms with Crippen molar-refractivity contribution >= 4 is 17.2 Å². The van der Waals surface area contributed by atoms with Gasteiger partial charge in [-0.3, -0.25) is 9.69 Å². The van der Waals surface area contributed by atoms with Gasteiger partial charge in [-0.25, -0.2) is 0 Å². The largest absolute Gasteiger partial charge is 0.340 e. The van der Waals surface area contributed by atoms with Crippen molar-refractivity contribution in [3.05, 3.63) is 21.4 Å². The number of piperazine rings is 1. The van der Waals surface area contributed by atoms with E-state index in [0.29, 0.717) is 0 Å². The first-order valence-corrected chi connectivity index (χ1v) is 8.86. The standard InChI is InChI=1S/C16H25N3OS/c1-18(10-11-19-8-6-17-7-9-19)16(20)15-12-13-4-2-3-5-14(13)21-15/h12,17H,2-11H2,1H3. The van der Waals surface area contributed by atoms with Gasteiger partial charge < -0.3 is 10.2 Å². The van der Waals surface area contributed by atoms with E-state index in [4.69, 9.17) is 0 Å². The summed E-state index contributed by atoms with van der Waals surface area (Å²) in [6, 6.07) is 2.14. The van der Waals surface area contributed by atoms with Crippen molar-refractivity contribution in [2.24, 2.45) is 0 Å². The van der Waals surface area contributed by atoms with Crippen molar-refractivity contribution in [1.82, 2.24) is 15.1 Å². The van der Waals surface area contributed by atoms with E-state index in [1.54, 1.807) is 11.3 Å². The Bertz CT molecular complexity index is 470. The minimum Gasteiger partial charge on any atom is -0.340 e. The topological polar surface area (TPSA) is 35.6 Å². The van der Waals surface area contributed by atoms with Crippen molar-refractivity contribution in [3.63, 3.8) is 0 Å². The number of rotatable bonds is 4. The molecule has 3 rings (SSSR count). The van der Waals surface area contributed by atoms with E-state index in [0.717, 1.165) is 57.0 Å². The highest BCUT2D eigenvalue weighted by molar-refractivity contribution is 7.14. The minimum absolute atomic E-state index is 0.199. The molecular weight excluding hydrogens is 282 g/mol. The van der Waals surface area contributed by atoms with Crippen molar-refractivity contribution < 1.29 is 4.79 Å². The number of carbonyl (C=O) groups excluding carboxylic acids is 1. The number of likely N-dealkylation sites (N-methyl/N-ethyl adjacent to an activating group) is 1. The second-order valence-corrected chi connectivity index (χ2v) is 7.22. The molecule has 1 saturated heterocycles. The van der Waals surface area contributed by atoms with Crippen LogP contribution in [0.2, 0.25) is 0 Å². The number of nitrogens with zero attached hydrogens (tertiary/aromatic N) is 2. The Kier molecular flexibility index (Phi) is 4.93. The molecule has 1 amide bonds. The molecule has 0 radical (unpaired) electrons. The average molecular weight is 307 g/mol. The molecule has 1 aliphatic carbocycles. The van der Waals surface area contributed by atoms with Crippen LogP contribution in [0.3, 0.4) is 0 Å². The van der Waals surface area contributed by atoms with E-state index in [9.17, 15) is 4.79 Å². The molecule has 2 heterocycles. The summed E-state index contributed by atoms with van der Waals surface area (Å²) in [6.07, 6.45) is 4.87. The number of nitrogens with one attached hydrogen (secondary N) is 1. The fraction of sp³-hybridized carbons (Fsp3) is 0.688. The van der Waals surface area contributed by atoms with Crippen molar-refractivity contribution in [2.45, 2.75) is 25.7 Å². The highest BCUT2D eigenvalue weighted by Gasteiger charge is 2.20. The third-order valence-electron chi connectivity index (χ3n) is 4.52. The number of thiophene rings is 1. The second kappa shape index (κ2) is 6.90. The quantitative estimate of drug-likeness (QED) is 0.918. The average Bonchev–Trinajstić information content (AvgIpc) is 2.97. The van der Waals surface area contributed by atoms with E-state index >= 15 is 0 Å². The summed E-state index contributed by atoms with van der Waals surface area (Å²) in [4.78, 5) is 19.2. The summed E-state index contributed by atoms with van der Waals surface area (Å²) in [5, 5.41) is 3.36. The third kappa shape index (κ3) is 3.65. The van der Waals surface area contributed by atoms with Crippen LogP contribution in [0.15, 0.2) is 6.07 Å². The van der Waals surface area contributed by atoms with Gasteiger partial charge in [0, 0.05) is 51.2 Å². The number of hydrogen-bond acceptors (Lipinski definition) is 4. The molecule has 2 aliphatic rings. The van der Waals surface area contributed by atoms with Crippen LogP contribution in [0.4, 0.5) is 0 Å². The van der Waals surface area contributed by atoms with Gasteiger partial charge in [-0.05, 0) is 37.3 Å². The maximum Gasteiger partial charge on any atom is 0.263 e. The lowest BCUT2D eigenvalue weighted by Gasteiger charge is -2.29. The molecule has 116 valence electrons. The SMILES string of the molecule is CN(CCN1CCNCC1)C(=O)c1cc2c(s1)CCCC2. The number of hydrogen-bond donors (Lipinski definition) is 1. The highest BCUT2D eigenvalue weighted by atomic mass is 32.1. The lowest BCUT2D eigenvalue weighted by atomic mass is 9.99. The minimum atomic E-state index is 0.199. The van der Waals surface area contributed by atoms with E-state index in [1.807, 2.05) is 11.9 Å². The summed E-state index contributed by atoms with van der Waals surface area (Å²) < 4.78 is 0. The molecule has 4 nitrogen and oxygen atoms in total. The molecule has 0 saturated carbocycles. The second-order valence-electron chi connectivity index (χ2n) is 6.08. The third-order valence-corrected chi connectivity index (χ3v) is 5.74. The molecule has 0 unspecified atom stereocenters. The lowest BCUT2D eigenvalue weighted by Crippen LogP contribution is -2.46. The molecule has 1 aromatic rings. The van der Waals surface area contributed by atoms with E-state index in [1.165, 1.54) is 23.3 Å². The zero-order chi connectivity index (χ0) is 14.7. The number of carbonyl (C=O) groups is 1. The summed E-state index contributed by atoms with van der Waals surface area (Å²) >= 11 is 1.72. The normalized spacial score (nSPS) is 19.3. The predicted molar refractivity (Wildman–Crippen MR) is 87.2 cm³/mol. The maximum atomic E-state index is 12.5. The molecule has 1 aromatic heterocycles. The van der Waals surface area contributed by atoms with Crippen LogP contribution in [0.25, 0.3) is 0 Å². The van der Waals surface area contributed by atoms with E-state index in [2.05, 4.69) is 16.3 Å². The van der Waals surface area contributed by atoms with Crippen LogP contribution in [-0.4, -0.2) is 62.0 Å². The fourth-order valence-corrected chi connectivity index (χ4v) is 4.36. The summed E-state index contributed by atoms with van der Waals surface area (Å²) in [5.74, 6) is 0.199. The summed E-state index contributed by atoms with van der Waals surface area (Å²) in [6.45, 7) is 6.12. The van der Waals surface area contributed by atoms with Gasteiger partial charge >= 0.3 is 0 Å². The van der Waals surface area contributed by atoms with Gasteiger partial charge in [0.25, 0.3) is 5.91 Å². The molecule has 5 heteroatoms. The van der Waals surface area contributed by atoms with Crippen LogP contribution >= 0.6 is 11.3 Å². The van der Waals surface area contributed by atoms with Crippen LogP contribution in [0.5, 0.6) is 0 Å². The van der Waals surface area contributed by atoms with Crippen molar-refractivity contribution in [1.29, 1.82) is 0 Å². The van der Waals surface area contributed by atoms with Crippen LogP contribution < -0.4 is 5.32 Å². The molecule has 1 aliphatic heterocycles. The fourth-order valence-electron chi connectivity index (χ4n) is 3.11. The molecule has 0 bridgehead atoms. The van der Waals surface area contributed by atoms with Gasteiger partial charge in [-0.2, -0.15) is 0 Å². The molecule has 1 N–H and O–H groups in total. The van der Waals surface area contributed by atoms with E-state index < -0.39 is 0 Å². The Morgan fingerprint density at radius 2 is 2.10 bits per heavy atom. The molecular formula is C16H25N3OS. The first-order valence-electron chi connectivity index (χ1n) is 8.04. The van der Waals surface area contributed by atoms with Crippen molar-refractivity contribution in [2.75, 3.05) is 46.3 Å². The highest BCUT2D eigenvalue weighted by Crippen LogP contribution is 2.30. The van der Waals surface area contributed by atoms with Gasteiger partial charge in [0.15, 0.2) is 0 Å². The Hall–Kier alpha value is -0.910. The van der Waals surface area contributed by atoms with Crippen LogP contribution in [-0.2, 0) is 12.8 Å². The van der Waals surface area contributed by atoms with Crippen LogP contribution in [0, 0.1) is 0 Å². The molecule has 0 aromatic carbocycles. The molecule has 0 spiro atoms. The maximum absolute atomic E-state index is 12.5. The Balaban J connectivity index is 1.55. The van der Waals surface area contributed by atoms with Gasteiger partial charge in [0.1, 0.15) is 0 Å². The first-order chi connectivity index (χ1) is 10.2. The summed E-state index contributed by atoms with van der Waals surface area (Å²) in [7, 11) is 1.93. The van der Waals surface area contributed by atoms with Gasteiger partial charge in [-0.1, -0.05) is 0 Å². The number of amides is 1. The van der Waals surface area contributed by atoms with E-state index in [-0.39, 0.29) is 5.91 Å². The van der Waals surface area contributed by atoms with Gasteiger partial charge in [-0.15, -0.1) is 11.3 Å². The predicted octanol–water partition coefficient (Wildman–Crippen LogP) is 1.60. The lowest BCUT2D eigenvalue weighted by molar-refractivity contribution is 0.0779. The molecule has 21 heavy (non-hydrogen) atoms.